The number of hydrogen-bond acceptors (Lipinski definition) is 1. The Morgan fingerprint density at radius 2 is 1.50 bits per heavy atom. The van der Waals surface area contributed by atoms with Gasteiger partial charge in [0.2, 0.25) is 0 Å². The molecule has 0 fully saturated rings. The SMILES string of the molecule is Cc1c(F)c(F)c(C#N)c(F)c1C(F)(F)F. The van der Waals surface area contributed by atoms with Crippen molar-refractivity contribution < 1.29 is 26.3 Å². The van der Waals surface area contributed by atoms with Gasteiger partial charge in [-0.25, -0.2) is 13.2 Å². The summed E-state index contributed by atoms with van der Waals surface area (Å²) in [6, 6.07) is 0.854. The van der Waals surface area contributed by atoms with E-state index in [1.54, 1.807) is 0 Å². The first-order valence-corrected chi connectivity index (χ1v) is 3.86. The lowest BCUT2D eigenvalue weighted by Gasteiger charge is -2.13. The third-order valence-corrected chi connectivity index (χ3v) is 1.95. The van der Waals surface area contributed by atoms with Gasteiger partial charge in [0.05, 0.1) is 5.56 Å². The second-order valence-electron chi connectivity index (χ2n) is 2.93. The van der Waals surface area contributed by atoms with E-state index in [1.165, 1.54) is 0 Å². The maximum atomic E-state index is 13.1. The van der Waals surface area contributed by atoms with E-state index < -0.39 is 40.3 Å². The van der Waals surface area contributed by atoms with Crippen LogP contribution in [0, 0.1) is 35.7 Å². The highest BCUT2D eigenvalue weighted by atomic mass is 19.4. The van der Waals surface area contributed by atoms with Crippen LogP contribution in [-0.4, -0.2) is 0 Å². The van der Waals surface area contributed by atoms with Crippen molar-refractivity contribution in [2.45, 2.75) is 13.1 Å². The van der Waals surface area contributed by atoms with E-state index >= 15 is 0 Å². The van der Waals surface area contributed by atoms with Gasteiger partial charge < -0.3 is 0 Å². The summed E-state index contributed by atoms with van der Waals surface area (Å²) in [5, 5.41) is 8.24. The van der Waals surface area contributed by atoms with E-state index in [2.05, 4.69) is 0 Å². The molecule has 1 rings (SSSR count). The summed E-state index contributed by atoms with van der Waals surface area (Å²) in [6.45, 7) is 0.589. The van der Waals surface area contributed by atoms with E-state index in [0.29, 0.717) is 6.92 Å². The average Bonchev–Trinajstić information content (AvgIpc) is 2.13. The highest BCUT2D eigenvalue weighted by molar-refractivity contribution is 5.43. The zero-order chi connectivity index (χ0) is 12.7. The first-order valence-electron chi connectivity index (χ1n) is 3.86. The molecular formula is C9H3F6N. The summed E-state index contributed by atoms with van der Waals surface area (Å²) in [7, 11) is 0. The van der Waals surface area contributed by atoms with Gasteiger partial charge in [-0.15, -0.1) is 0 Å². The molecule has 0 amide bonds. The summed E-state index contributed by atoms with van der Waals surface area (Å²) in [5.41, 5.74) is -4.74. The summed E-state index contributed by atoms with van der Waals surface area (Å²) >= 11 is 0. The predicted octanol–water partition coefficient (Wildman–Crippen LogP) is 3.30. The van der Waals surface area contributed by atoms with Crippen LogP contribution in [0.2, 0.25) is 0 Å². The van der Waals surface area contributed by atoms with Crippen LogP contribution in [0.3, 0.4) is 0 Å². The quantitative estimate of drug-likeness (QED) is 0.503. The van der Waals surface area contributed by atoms with Crippen LogP contribution in [0.5, 0.6) is 0 Å². The molecule has 0 aliphatic heterocycles. The van der Waals surface area contributed by atoms with E-state index in [-0.39, 0.29) is 0 Å². The molecule has 86 valence electrons. The lowest BCUT2D eigenvalue weighted by atomic mass is 10.0. The van der Waals surface area contributed by atoms with Gasteiger partial charge >= 0.3 is 6.18 Å². The molecule has 0 bridgehead atoms. The number of benzene rings is 1. The molecule has 0 spiro atoms. The van der Waals surface area contributed by atoms with Gasteiger partial charge in [-0.2, -0.15) is 18.4 Å². The smallest absolute Gasteiger partial charge is 0.205 e. The van der Waals surface area contributed by atoms with Crippen LogP contribution in [0.4, 0.5) is 26.3 Å². The molecule has 1 aromatic rings. The van der Waals surface area contributed by atoms with Gasteiger partial charge in [0.1, 0.15) is 11.6 Å². The largest absolute Gasteiger partial charge is 0.419 e. The summed E-state index contributed by atoms with van der Waals surface area (Å²) in [6.07, 6.45) is -5.19. The van der Waals surface area contributed by atoms with Crippen molar-refractivity contribution in [2.24, 2.45) is 0 Å². The van der Waals surface area contributed by atoms with E-state index in [0.717, 1.165) is 6.07 Å². The number of rotatable bonds is 0. The Hall–Kier alpha value is -1.71. The van der Waals surface area contributed by atoms with Crippen LogP contribution in [-0.2, 0) is 6.18 Å². The highest BCUT2D eigenvalue weighted by Gasteiger charge is 2.40. The van der Waals surface area contributed by atoms with Gasteiger partial charge in [-0.1, -0.05) is 0 Å². The molecule has 7 heteroatoms. The molecule has 1 aromatic carbocycles. The Morgan fingerprint density at radius 1 is 1.00 bits per heavy atom. The van der Waals surface area contributed by atoms with Crippen molar-refractivity contribution in [1.29, 1.82) is 5.26 Å². The summed E-state index contributed by atoms with van der Waals surface area (Å²) < 4.78 is 75.9. The van der Waals surface area contributed by atoms with Crippen molar-refractivity contribution in [3.05, 3.63) is 34.1 Å². The fourth-order valence-electron chi connectivity index (χ4n) is 1.21. The zero-order valence-electron chi connectivity index (χ0n) is 7.72. The minimum atomic E-state index is -5.19. The van der Waals surface area contributed by atoms with Gasteiger partial charge in [0.25, 0.3) is 0 Å². The van der Waals surface area contributed by atoms with Gasteiger partial charge in [0, 0.05) is 5.56 Å². The second kappa shape index (κ2) is 3.70. The van der Waals surface area contributed by atoms with E-state index in [1.807, 2.05) is 0 Å². The maximum Gasteiger partial charge on any atom is 0.419 e. The van der Waals surface area contributed by atoms with Crippen LogP contribution in [0.1, 0.15) is 16.7 Å². The maximum absolute atomic E-state index is 13.1. The molecule has 16 heavy (non-hydrogen) atoms. The first-order chi connectivity index (χ1) is 7.21. The van der Waals surface area contributed by atoms with E-state index in [4.69, 9.17) is 5.26 Å². The van der Waals surface area contributed by atoms with Gasteiger partial charge in [-0.3, -0.25) is 0 Å². The molecule has 0 aliphatic rings. The van der Waals surface area contributed by atoms with Crippen molar-refractivity contribution >= 4 is 0 Å². The number of nitriles is 1. The fourth-order valence-corrected chi connectivity index (χ4v) is 1.21. The molecule has 0 atom stereocenters. The third-order valence-electron chi connectivity index (χ3n) is 1.95. The van der Waals surface area contributed by atoms with Crippen molar-refractivity contribution in [3.8, 4) is 6.07 Å². The van der Waals surface area contributed by atoms with Crippen LogP contribution in [0.15, 0.2) is 0 Å². The fraction of sp³-hybridized carbons (Fsp3) is 0.222. The number of alkyl halides is 3. The molecule has 0 unspecified atom stereocenters. The lowest BCUT2D eigenvalue weighted by molar-refractivity contribution is -0.140. The van der Waals surface area contributed by atoms with Crippen molar-refractivity contribution in [3.63, 3.8) is 0 Å². The minimum Gasteiger partial charge on any atom is -0.205 e. The van der Waals surface area contributed by atoms with Crippen molar-refractivity contribution in [2.75, 3.05) is 0 Å². The predicted molar refractivity (Wildman–Crippen MR) is 40.8 cm³/mol. The Balaban J connectivity index is 3.78. The van der Waals surface area contributed by atoms with Crippen LogP contribution < -0.4 is 0 Å². The zero-order valence-corrected chi connectivity index (χ0v) is 7.72. The summed E-state index contributed by atoms with van der Waals surface area (Å²) in [4.78, 5) is 0. The minimum absolute atomic E-state index is 0.589. The molecule has 0 aliphatic carbocycles. The third kappa shape index (κ3) is 1.71. The Kier molecular flexibility index (Phi) is 2.86. The number of halogens is 6. The Bertz CT molecular complexity index is 482. The van der Waals surface area contributed by atoms with E-state index in [9.17, 15) is 26.3 Å². The Labute approximate surface area is 85.9 Å². The average molecular weight is 239 g/mol. The monoisotopic (exact) mass is 239 g/mol. The topological polar surface area (TPSA) is 23.8 Å². The number of nitrogens with zero attached hydrogens (tertiary/aromatic N) is 1. The lowest BCUT2D eigenvalue weighted by Crippen LogP contribution is -2.15. The molecule has 0 saturated carbocycles. The molecular weight excluding hydrogens is 236 g/mol. The standard InChI is InChI=1S/C9H3F6N/c1-3-5(9(13,14)15)7(11)4(2-16)8(12)6(3)10/h1H3. The highest BCUT2D eigenvalue weighted by Crippen LogP contribution is 2.37. The van der Waals surface area contributed by atoms with Gasteiger partial charge in [0.15, 0.2) is 17.5 Å². The Morgan fingerprint density at radius 3 is 1.88 bits per heavy atom. The second-order valence-corrected chi connectivity index (χ2v) is 2.93. The normalized spacial score (nSPS) is 11.4. The van der Waals surface area contributed by atoms with Crippen molar-refractivity contribution in [1.82, 2.24) is 0 Å². The summed E-state index contributed by atoms with van der Waals surface area (Å²) in [5.74, 6) is -5.87. The van der Waals surface area contributed by atoms with Crippen LogP contribution >= 0.6 is 0 Å². The first kappa shape index (κ1) is 12.4. The molecule has 0 heterocycles. The molecule has 0 aromatic heterocycles. The number of hydrogen-bond donors (Lipinski definition) is 0. The van der Waals surface area contributed by atoms with Crippen LogP contribution in [0.25, 0.3) is 0 Å². The molecule has 0 radical (unpaired) electrons. The molecule has 0 N–H and O–H groups in total. The molecule has 0 saturated heterocycles. The molecule has 1 nitrogen and oxygen atoms in total. The van der Waals surface area contributed by atoms with Gasteiger partial charge in [-0.05, 0) is 6.92 Å².